The zero-order chi connectivity index (χ0) is 15.9. The maximum absolute atomic E-state index is 11.7. The molecule has 0 aromatic carbocycles. The Labute approximate surface area is 111 Å². The Kier molecular flexibility index (Phi) is 3.36. The van der Waals surface area contributed by atoms with Crippen LogP contribution in [0.25, 0.3) is 0 Å². The summed E-state index contributed by atoms with van der Waals surface area (Å²) in [5.74, 6) is -1.63. The third-order valence-corrected chi connectivity index (χ3v) is 2.87. The monoisotopic (exact) mass is 289 g/mol. The number of hydrogen-bond acceptors (Lipinski definition) is 7. The summed E-state index contributed by atoms with van der Waals surface area (Å²) < 4.78 is 12.5. The van der Waals surface area contributed by atoms with Gasteiger partial charge in [0.15, 0.2) is 6.23 Å². The molecule has 2 rings (SSSR count). The van der Waals surface area contributed by atoms with Gasteiger partial charge in [-0.25, -0.2) is 9.59 Å². The SMILES string of the molecule is [2H]C(O)[C@H]1O[C@@H](n2c(C(=O)O)cc(=O)[nH]c2=O)[C@H](O)[C@@H]1O. The number of aliphatic hydroxyl groups excluding tert-OH is 3. The summed E-state index contributed by atoms with van der Waals surface area (Å²) in [5.41, 5.74) is -2.89. The molecule has 0 aliphatic carbocycles. The van der Waals surface area contributed by atoms with E-state index in [9.17, 15) is 24.6 Å². The highest BCUT2D eigenvalue weighted by molar-refractivity contribution is 5.85. The molecular weight excluding hydrogens is 276 g/mol. The Morgan fingerprint density at radius 3 is 2.60 bits per heavy atom. The van der Waals surface area contributed by atoms with Gasteiger partial charge in [0, 0.05) is 6.07 Å². The molecule has 10 heteroatoms. The van der Waals surface area contributed by atoms with Crippen LogP contribution in [0.15, 0.2) is 15.7 Å². The van der Waals surface area contributed by atoms with Crippen molar-refractivity contribution in [3.8, 4) is 0 Å². The minimum atomic E-state index is -1.91. The lowest BCUT2D eigenvalue weighted by Crippen LogP contribution is -2.40. The molecule has 0 saturated carbocycles. The second-order valence-electron chi connectivity index (χ2n) is 4.12. The lowest BCUT2D eigenvalue weighted by molar-refractivity contribution is -0.0562. The van der Waals surface area contributed by atoms with Crippen molar-refractivity contribution in [2.45, 2.75) is 24.5 Å². The molecule has 0 spiro atoms. The minimum absolute atomic E-state index is 0.431. The van der Waals surface area contributed by atoms with Crippen molar-refractivity contribution < 1.29 is 31.3 Å². The van der Waals surface area contributed by atoms with Gasteiger partial charge in [0.05, 0.1) is 7.95 Å². The number of aromatic nitrogens is 2. The lowest BCUT2D eigenvalue weighted by Gasteiger charge is -2.19. The highest BCUT2D eigenvalue weighted by Gasteiger charge is 2.44. The van der Waals surface area contributed by atoms with Gasteiger partial charge in [-0.3, -0.25) is 14.3 Å². The second-order valence-corrected chi connectivity index (χ2v) is 4.12. The Bertz CT molecular complexity index is 668. The Hall–Kier alpha value is -2.01. The second kappa shape index (κ2) is 5.17. The number of ether oxygens (including phenoxy) is 1. The number of carboxylic acid groups (broad SMARTS) is 1. The first-order valence-corrected chi connectivity index (χ1v) is 5.45. The van der Waals surface area contributed by atoms with E-state index in [1.165, 1.54) is 0 Å². The molecule has 1 saturated heterocycles. The molecule has 5 atom stereocenters. The maximum atomic E-state index is 11.7. The van der Waals surface area contributed by atoms with Gasteiger partial charge in [-0.05, 0) is 0 Å². The van der Waals surface area contributed by atoms with Crippen molar-refractivity contribution >= 4 is 5.97 Å². The van der Waals surface area contributed by atoms with Crippen LogP contribution < -0.4 is 11.2 Å². The summed E-state index contributed by atoms with van der Waals surface area (Å²) in [6.45, 7) is -1.91. The van der Waals surface area contributed by atoms with Gasteiger partial charge >= 0.3 is 11.7 Å². The van der Waals surface area contributed by atoms with Crippen molar-refractivity contribution in [2.75, 3.05) is 6.58 Å². The smallest absolute Gasteiger partial charge is 0.352 e. The molecule has 110 valence electrons. The van der Waals surface area contributed by atoms with Crippen molar-refractivity contribution in [3.63, 3.8) is 0 Å². The number of aromatic amines is 1. The highest BCUT2D eigenvalue weighted by Crippen LogP contribution is 2.28. The van der Waals surface area contributed by atoms with Crippen LogP contribution >= 0.6 is 0 Å². The van der Waals surface area contributed by atoms with E-state index in [4.69, 9.17) is 16.3 Å². The summed E-state index contributed by atoms with van der Waals surface area (Å²) in [6.07, 6.45) is -6.68. The number of rotatable bonds is 3. The largest absolute Gasteiger partial charge is 0.477 e. The van der Waals surface area contributed by atoms with Crippen molar-refractivity contribution in [1.82, 2.24) is 9.55 Å². The van der Waals surface area contributed by atoms with Crippen LogP contribution in [0.1, 0.15) is 18.1 Å². The number of nitrogens with one attached hydrogen (secondary N) is 1. The quantitative estimate of drug-likeness (QED) is 0.389. The standard InChI is InChI=1S/C10H12N2O8/c13-2-4-6(15)7(16)8(20-4)12-3(9(17)18)1-5(14)11-10(12)19/h1,4,6-8,13,15-16H,2H2,(H,17,18)(H,11,14,19)/t4-,6-,7-,8-/m1/s1/i2D/t2?,4-,6-,7-,8-. The fraction of sp³-hybridized carbons (Fsp3) is 0.500. The molecule has 0 bridgehead atoms. The molecule has 1 aromatic heterocycles. The van der Waals surface area contributed by atoms with Gasteiger partial charge < -0.3 is 25.2 Å². The first-order valence-electron chi connectivity index (χ1n) is 6.03. The third kappa shape index (κ3) is 2.25. The molecule has 5 N–H and O–H groups in total. The molecule has 20 heavy (non-hydrogen) atoms. The predicted molar refractivity (Wildman–Crippen MR) is 61.3 cm³/mol. The van der Waals surface area contributed by atoms with E-state index in [1.54, 1.807) is 4.98 Å². The van der Waals surface area contributed by atoms with Crippen molar-refractivity contribution in [1.29, 1.82) is 0 Å². The van der Waals surface area contributed by atoms with Gasteiger partial charge in [0.1, 0.15) is 24.0 Å². The molecule has 10 nitrogen and oxygen atoms in total. The van der Waals surface area contributed by atoms with E-state index >= 15 is 0 Å². The first-order chi connectivity index (χ1) is 9.73. The summed E-state index contributed by atoms with van der Waals surface area (Å²) in [7, 11) is 0. The van der Waals surface area contributed by atoms with Gasteiger partial charge in [0.25, 0.3) is 5.56 Å². The minimum Gasteiger partial charge on any atom is -0.477 e. The number of hydrogen-bond donors (Lipinski definition) is 5. The topological polar surface area (TPSA) is 162 Å². The highest BCUT2D eigenvalue weighted by atomic mass is 16.6. The van der Waals surface area contributed by atoms with Gasteiger partial charge in [-0.1, -0.05) is 0 Å². The fourth-order valence-corrected chi connectivity index (χ4v) is 1.94. The first kappa shape index (κ1) is 13.0. The molecule has 1 aliphatic rings. The molecule has 2 heterocycles. The number of carbonyl (C=O) groups is 1. The van der Waals surface area contributed by atoms with Crippen LogP contribution in [-0.4, -0.2) is 60.8 Å². The number of H-pyrrole nitrogens is 1. The van der Waals surface area contributed by atoms with Crippen LogP contribution in [-0.2, 0) is 4.74 Å². The fourth-order valence-electron chi connectivity index (χ4n) is 1.94. The predicted octanol–water partition coefficient (Wildman–Crippen LogP) is -3.15. The van der Waals surface area contributed by atoms with Crippen LogP contribution in [0.5, 0.6) is 0 Å². The molecular formula is C10H12N2O8. The zero-order valence-electron chi connectivity index (χ0n) is 10.8. The van der Waals surface area contributed by atoms with Crippen LogP contribution in [0.4, 0.5) is 0 Å². The molecule has 1 aliphatic heterocycles. The number of nitrogens with zero attached hydrogens (tertiary/aromatic N) is 1. The Morgan fingerprint density at radius 1 is 1.45 bits per heavy atom. The van der Waals surface area contributed by atoms with E-state index in [0.29, 0.717) is 10.6 Å². The van der Waals surface area contributed by atoms with E-state index in [1.807, 2.05) is 0 Å². The molecule has 0 radical (unpaired) electrons. The van der Waals surface area contributed by atoms with Crippen LogP contribution in [0, 0.1) is 0 Å². The van der Waals surface area contributed by atoms with Gasteiger partial charge in [-0.15, -0.1) is 0 Å². The van der Waals surface area contributed by atoms with E-state index in [2.05, 4.69) is 0 Å². The molecule has 1 unspecified atom stereocenters. The van der Waals surface area contributed by atoms with Crippen molar-refractivity contribution in [2.24, 2.45) is 0 Å². The van der Waals surface area contributed by atoms with E-state index in [0.717, 1.165) is 0 Å². The van der Waals surface area contributed by atoms with E-state index < -0.39 is 54.0 Å². The van der Waals surface area contributed by atoms with Crippen molar-refractivity contribution in [3.05, 3.63) is 32.6 Å². The van der Waals surface area contributed by atoms with Gasteiger partial charge in [0.2, 0.25) is 0 Å². The average molecular weight is 289 g/mol. The maximum Gasteiger partial charge on any atom is 0.352 e. The van der Waals surface area contributed by atoms with Crippen LogP contribution in [0.2, 0.25) is 0 Å². The molecule has 1 fully saturated rings. The number of carboxylic acids is 1. The summed E-state index contributed by atoms with van der Waals surface area (Å²) in [6, 6.07) is 0.608. The summed E-state index contributed by atoms with van der Waals surface area (Å²) >= 11 is 0. The number of aliphatic hydroxyl groups is 3. The third-order valence-electron chi connectivity index (χ3n) is 2.87. The number of aromatic carboxylic acids is 1. The lowest BCUT2D eigenvalue weighted by atomic mass is 10.1. The van der Waals surface area contributed by atoms with Crippen LogP contribution in [0.3, 0.4) is 0 Å². The molecule has 1 aromatic rings. The van der Waals surface area contributed by atoms with E-state index in [-0.39, 0.29) is 0 Å². The normalized spacial score (nSPS) is 31.9. The Balaban J connectivity index is 2.55. The summed E-state index contributed by atoms with van der Waals surface area (Å²) in [5, 5.41) is 37.6. The summed E-state index contributed by atoms with van der Waals surface area (Å²) in [4.78, 5) is 35.8. The van der Waals surface area contributed by atoms with Gasteiger partial charge in [-0.2, -0.15) is 0 Å². The zero-order valence-corrected chi connectivity index (χ0v) is 9.83. The average Bonchev–Trinajstić information content (AvgIpc) is 2.66. The molecule has 0 amide bonds. The Morgan fingerprint density at radius 2 is 2.10 bits per heavy atom.